The lowest BCUT2D eigenvalue weighted by Gasteiger charge is -2.25. The van der Waals surface area contributed by atoms with Gasteiger partial charge >= 0.3 is 0 Å². The van der Waals surface area contributed by atoms with Crippen LogP contribution < -0.4 is 0 Å². The maximum Gasteiger partial charge on any atom is -0.0388 e. The first-order chi connectivity index (χ1) is 7.11. The van der Waals surface area contributed by atoms with E-state index in [-0.39, 0.29) is 0 Å². The van der Waals surface area contributed by atoms with Crippen molar-refractivity contribution in [1.82, 2.24) is 0 Å². The first kappa shape index (κ1) is 15.0. The van der Waals surface area contributed by atoms with Crippen molar-refractivity contribution in [2.24, 2.45) is 17.8 Å². The quantitative estimate of drug-likeness (QED) is 0.462. The van der Waals surface area contributed by atoms with Gasteiger partial charge in [-0.2, -0.15) is 0 Å². The van der Waals surface area contributed by atoms with Gasteiger partial charge in [-0.15, -0.1) is 0 Å². The number of hydrogen-bond acceptors (Lipinski definition) is 0. The zero-order chi connectivity index (χ0) is 11.7. The van der Waals surface area contributed by atoms with Crippen LogP contribution >= 0.6 is 0 Å². The number of rotatable bonds is 9. The van der Waals surface area contributed by atoms with E-state index in [1.807, 2.05) is 0 Å². The summed E-state index contributed by atoms with van der Waals surface area (Å²) < 4.78 is 0. The molecule has 0 heteroatoms. The SMILES string of the molecule is CCCCC(CCCC)C(C)CC(C)C. The van der Waals surface area contributed by atoms with E-state index in [0.29, 0.717) is 0 Å². The van der Waals surface area contributed by atoms with Gasteiger partial charge in [0.2, 0.25) is 0 Å². The van der Waals surface area contributed by atoms with Crippen LogP contribution in [0.2, 0.25) is 0 Å². The summed E-state index contributed by atoms with van der Waals surface area (Å²) >= 11 is 0. The van der Waals surface area contributed by atoms with E-state index in [1.165, 1.54) is 44.9 Å². The van der Waals surface area contributed by atoms with Gasteiger partial charge in [0, 0.05) is 0 Å². The van der Waals surface area contributed by atoms with Crippen LogP contribution in [0.5, 0.6) is 0 Å². The molecular weight excluding hydrogens is 180 g/mol. The minimum atomic E-state index is 0.866. The average Bonchev–Trinajstić information content (AvgIpc) is 2.17. The van der Waals surface area contributed by atoms with Crippen LogP contribution in [-0.4, -0.2) is 0 Å². The van der Waals surface area contributed by atoms with Crippen molar-refractivity contribution >= 4 is 0 Å². The van der Waals surface area contributed by atoms with Gasteiger partial charge in [-0.1, -0.05) is 73.1 Å². The lowest BCUT2D eigenvalue weighted by molar-refractivity contribution is 0.262. The summed E-state index contributed by atoms with van der Waals surface area (Å²) in [6.07, 6.45) is 9.91. The van der Waals surface area contributed by atoms with Crippen LogP contribution in [0.1, 0.15) is 79.6 Å². The zero-order valence-electron chi connectivity index (χ0n) is 11.7. The van der Waals surface area contributed by atoms with Gasteiger partial charge in [0.15, 0.2) is 0 Å². The largest absolute Gasteiger partial charge is 0.0654 e. The first-order valence-electron chi connectivity index (χ1n) is 7.11. The van der Waals surface area contributed by atoms with Crippen molar-refractivity contribution in [1.29, 1.82) is 0 Å². The molecule has 0 aliphatic carbocycles. The van der Waals surface area contributed by atoms with Crippen LogP contribution in [0.3, 0.4) is 0 Å². The molecule has 0 saturated heterocycles. The Hall–Kier alpha value is 0. The molecule has 1 unspecified atom stereocenters. The van der Waals surface area contributed by atoms with Crippen molar-refractivity contribution in [3.8, 4) is 0 Å². The van der Waals surface area contributed by atoms with Crippen molar-refractivity contribution in [3.63, 3.8) is 0 Å². The molecule has 0 radical (unpaired) electrons. The average molecular weight is 212 g/mol. The van der Waals surface area contributed by atoms with Gasteiger partial charge in [0.05, 0.1) is 0 Å². The Morgan fingerprint density at radius 2 is 1.27 bits per heavy atom. The first-order valence-corrected chi connectivity index (χ1v) is 7.11. The Balaban J connectivity index is 3.95. The fourth-order valence-corrected chi connectivity index (χ4v) is 2.58. The summed E-state index contributed by atoms with van der Waals surface area (Å²) in [6.45, 7) is 11.8. The van der Waals surface area contributed by atoms with Crippen molar-refractivity contribution in [2.75, 3.05) is 0 Å². The van der Waals surface area contributed by atoms with Gasteiger partial charge < -0.3 is 0 Å². The van der Waals surface area contributed by atoms with E-state index in [4.69, 9.17) is 0 Å². The fourth-order valence-electron chi connectivity index (χ4n) is 2.58. The Labute approximate surface area is 97.8 Å². The second-order valence-electron chi connectivity index (χ2n) is 5.65. The third-order valence-corrected chi connectivity index (χ3v) is 3.50. The fraction of sp³-hybridized carbons (Fsp3) is 1.00. The van der Waals surface area contributed by atoms with E-state index in [1.54, 1.807) is 0 Å². The van der Waals surface area contributed by atoms with Crippen molar-refractivity contribution < 1.29 is 0 Å². The van der Waals surface area contributed by atoms with Crippen LogP contribution in [0, 0.1) is 17.8 Å². The molecule has 0 aliphatic heterocycles. The standard InChI is InChI=1S/C15H32/c1-6-8-10-15(11-9-7-2)14(5)12-13(3)4/h13-15H,6-12H2,1-5H3. The normalized spacial score (nSPS) is 13.8. The van der Waals surface area contributed by atoms with E-state index in [0.717, 1.165) is 17.8 Å². The monoisotopic (exact) mass is 212 g/mol. The number of unbranched alkanes of at least 4 members (excludes halogenated alkanes) is 2. The van der Waals surface area contributed by atoms with Crippen LogP contribution in [0.15, 0.2) is 0 Å². The molecule has 0 aromatic heterocycles. The third kappa shape index (κ3) is 7.88. The molecule has 0 aromatic rings. The van der Waals surface area contributed by atoms with Gasteiger partial charge in [-0.05, 0) is 24.2 Å². The summed E-state index contributed by atoms with van der Waals surface area (Å²) in [5, 5.41) is 0. The van der Waals surface area contributed by atoms with Gasteiger partial charge in [-0.3, -0.25) is 0 Å². The van der Waals surface area contributed by atoms with Crippen molar-refractivity contribution in [2.45, 2.75) is 79.6 Å². The molecule has 0 bridgehead atoms. The highest BCUT2D eigenvalue weighted by Gasteiger charge is 2.17. The highest BCUT2D eigenvalue weighted by atomic mass is 14.2. The zero-order valence-corrected chi connectivity index (χ0v) is 11.7. The van der Waals surface area contributed by atoms with Crippen LogP contribution in [0.25, 0.3) is 0 Å². The molecule has 0 nitrogen and oxygen atoms in total. The van der Waals surface area contributed by atoms with Gasteiger partial charge in [0.25, 0.3) is 0 Å². The highest BCUT2D eigenvalue weighted by molar-refractivity contribution is 4.68. The molecule has 0 rings (SSSR count). The topological polar surface area (TPSA) is 0 Å². The summed E-state index contributed by atoms with van der Waals surface area (Å²) in [7, 11) is 0. The van der Waals surface area contributed by atoms with E-state index in [9.17, 15) is 0 Å². The maximum atomic E-state index is 2.47. The lowest BCUT2D eigenvalue weighted by atomic mass is 9.81. The lowest BCUT2D eigenvalue weighted by Crippen LogP contribution is -2.14. The van der Waals surface area contributed by atoms with E-state index < -0.39 is 0 Å². The minimum Gasteiger partial charge on any atom is -0.0654 e. The molecular formula is C15H32. The maximum absolute atomic E-state index is 2.47. The summed E-state index contributed by atoms with van der Waals surface area (Å²) in [6, 6.07) is 0. The van der Waals surface area contributed by atoms with E-state index in [2.05, 4.69) is 34.6 Å². The minimum absolute atomic E-state index is 0.866. The van der Waals surface area contributed by atoms with Gasteiger partial charge in [-0.25, -0.2) is 0 Å². The Bertz CT molecular complexity index is 118. The Morgan fingerprint density at radius 1 is 0.800 bits per heavy atom. The predicted octanol–water partition coefficient (Wildman–Crippen LogP) is 5.67. The van der Waals surface area contributed by atoms with Crippen LogP contribution in [0.4, 0.5) is 0 Å². The van der Waals surface area contributed by atoms with Gasteiger partial charge in [0.1, 0.15) is 0 Å². The second-order valence-corrected chi connectivity index (χ2v) is 5.65. The smallest absolute Gasteiger partial charge is 0.0388 e. The molecule has 1 atom stereocenters. The third-order valence-electron chi connectivity index (χ3n) is 3.50. The molecule has 0 fully saturated rings. The molecule has 0 heterocycles. The Morgan fingerprint density at radius 3 is 1.60 bits per heavy atom. The molecule has 0 aromatic carbocycles. The number of hydrogen-bond donors (Lipinski definition) is 0. The molecule has 0 aliphatic rings. The molecule has 0 N–H and O–H groups in total. The van der Waals surface area contributed by atoms with Crippen molar-refractivity contribution in [3.05, 3.63) is 0 Å². The Kier molecular flexibility index (Phi) is 9.24. The predicted molar refractivity (Wildman–Crippen MR) is 71.2 cm³/mol. The summed E-state index contributed by atoms with van der Waals surface area (Å²) in [5.41, 5.74) is 0. The summed E-state index contributed by atoms with van der Waals surface area (Å²) in [5.74, 6) is 2.79. The highest BCUT2D eigenvalue weighted by Crippen LogP contribution is 2.28. The van der Waals surface area contributed by atoms with E-state index >= 15 is 0 Å². The van der Waals surface area contributed by atoms with Crippen LogP contribution in [-0.2, 0) is 0 Å². The summed E-state index contributed by atoms with van der Waals surface area (Å²) in [4.78, 5) is 0. The molecule has 0 saturated carbocycles. The molecule has 0 spiro atoms. The molecule has 0 amide bonds. The molecule has 92 valence electrons. The second kappa shape index (κ2) is 9.24. The molecule has 15 heavy (non-hydrogen) atoms.